The minimum atomic E-state index is -0.510. The summed E-state index contributed by atoms with van der Waals surface area (Å²) in [6.45, 7) is 1.68. The van der Waals surface area contributed by atoms with Gasteiger partial charge in [0.2, 0.25) is 11.8 Å². The van der Waals surface area contributed by atoms with Gasteiger partial charge in [-0.25, -0.2) is 4.39 Å². The van der Waals surface area contributed by atoms with Crippen LogP contribution in [0.3, 0.4) is 0 Å². The summed E-state index contributed by atoms with van der Waals surface area (Å²) in [5, 5.41) is 5.20. The van der Waals surface area contributed by atoms with Crippen molar-refractivity contribution in [3.63, 3.8) is 0 Å². The number of rotatable bonds is 8. The third-order valence-electron chi connectivity index (χ3n) is 3.69. The Labute approximate surface area is 171 Å². The van der Waals surface area contributed by atoms with E-state index in [2.05, 4.69) is 10.6 Å². The van der Waals surface area contributed by atoms with Crippen molar-refractivity contribution in [2.45, 2.75) is 12.2 Å². The molecule has 2 rings (SSSR count). The molecule has 0 saturated carbocycles. The first-order valence-corrected chi connectivity index (χ1v) is 9.66. The lowest BCUT2D eigenvalue weighted by Gasteiger charge is -2.15. The van der Waals surface area contributed by atoms with E-state index in [0.717, 1.165) is 11.8 Å². The summed E-state index contributed by atoms with van der Waals surface area (Å²) in [7, 11) is 2.95. The number of nitrogens with one attached hydrogen (secondary N) is 2. The smallest absolute Gasteiger partial charge is 0.237 e. The highest BCUT2D eigenvalue weighted by Gasteiger charge is 2.18. The van der Waals surface area contributed by atoms with Gasteiger partial charge < -0.3 is 20.1 Å². The van der Waals surface area contributed by atoms with E-state index < -0.39 is 5.25 Å². The van der Waals surface area contributed by atoms with Crippen molar-refractivity contribution in [2.24, 2.45) is 0 Å². The van der Waals surface area contributed by atoms with Crippen molar-refractivity contribution in [1.29, 1.82) is 0 Å². The molecule has 150 valence electrons. The van der Waals surface area contributed by atoms with Gasteiger partial charge in [-0.15, -0.1) is 11.8 Å². The Balaban J connectivity index is 1.91. The third-order valence-corrected chi connectivity index (χ3v) is 5.13. The summed E-state index contributed by atoms with van der Waals surface area (Å²) < 4.78 is 23.2. The lowest BCUT2D eigenvalue weighted by molar-refractivity contribution is -0.115. The van der Waals surface area contributed by atoms with E-state index in [0.29, 0.717) is 27.9 Å². The van der Waals surface area contributed by atoms with E-state index in [9.17, 15) is 14.0 Å². The van der Waals surface area contributed by atoms with Crippen LogP contribution in [0.15, 0.2) is 36.4 Å². The topological polar surface area (TPSA) is 76.7 Å². The average molecular weight is 427 g/mol. The molecule has 0 saturated heterocycles. The van der Waals surface area contributed by atoms with Crippen molar-refractivity contribution in [2.75, 3.05) is 30.6 Å². The van der Waals surface area contributed by atoms with Gasteiger partial charge in [0, 0.05) is 11.8 Å². The van der Waals surface area contributed by atoms with E-state index in [1.807, 2.05) is 0 Å². The molecule has 0 radical (unpaired) electrons. The minimum absolute atomic E-state index is 0.0620. The first-order valence-electron chi connectivity index (χ1n) is 8.23. The molecular weight excluding hydrogens is 407 g/mol. The number of halogens is 2. The Kier molecular flexibility index (Phi) is 7.95. The molecule has 9 heteroatoms. The number of benzene rings is 2. The van der Waals surface area contributed by atoms with E-state index >= 15 is 0 Å². The van der Waals surface area contributed by atoms with Crippen molar-refractivity contribution < 1.29 is 23.5 Å². The highest BCUT2D eigenvalue weighted by Crippen LogP contribution is 2.36. The Morgan fingerprint density at radius 2 is 1.75 bits per heavy atom. The normalized spacial score (nSPS) is 11.5. The molecule has 2 aromatic rings. The Morgan fingerprint density at radius 1 is 1.11 bits per heavy atom. The maximum absolute atomic E-state index is 12.9. The molecule has 2 amide bonds. The lowest BCUT2D eigenvalue weighted by Crippen LogP contribution is -2.25. The van der Waals surface area contributed by atoms with Gasteiger partial charge >= 0.3 is 0 Å². The summed E-state index contributed by atoms with van der Waals surface area (Å²) in [5.41, 5.74) is 0.892. The van der Waals surface area contributed by atoms with Crippen LogP contribution in [0, 0.1) is 5.82 Å². The third kappa shape index (κ3) is 6.03. The van der Waals surface area contributed by atoms with Crippen LogP contribution < -0.4 is 20.1 Å². The summed E-state index contributed by atoms with van der Waals surface area (Å²) in [4.78, 5) is 24.4. The summed E-state index contributed by atoms with van der Waals surface area (Å²) in [6.07, 6.45) is 0. The van der Waals surface area contributed by atoms with E-state index in [1.54, 1.807) is 13.0 Å². The molecule has 0 aromatic heterocycles. The molecule has 2 aromatic carbocycles. The summed E-state index contributed by atoms with van der Waals surface area (Å²) in [6, 6.07) is 8.56. The number of methoxy groups -OCH3 is 2. The van der Waals surface area contributed by atoms with Gasteiger partial charge in [-0.05, 0) is 37.3 Å². The van der Waals surface area contributed by atoms with Crippen LogP contribution in [0.2, 0.25) is 5.02 Å². The van der Waals surface area contributed by atoms with Gasteiger partial charge in [0.05, 0.1) is 35.9 Å². The van der Waals surface area contributed by atoms with E-state index in [-0.39, 0.29) is 23.4 Å². The number of hydrogen-bond acceptors (Lipinski definition) is 5. The molecular formula is C19H20ClFN2O4S. The van der Waals surface area contributed by atoms with Crippen LogP contribution in [0.25, 0.3) is 0 Å². The Bertz CT molecular complexity index is 849. The molecule has 0 aliphatic rings. The van der Waals surface area contributed by atoms with Crippen molar-refractivity contribution in [1.82, 2.24) is 0 Å². The van der Waals surface area contributed by atoms with E-state index in [1.165, 1.54) is 44.6 Å². The van der Waals surface area contributed by atoms with Crippen LogP contribution in [0.4, 0.5) is 15.8 Å². The van der Waals surface area contributed by atoms with Gasteiger partial charge in [-0.2, -0.15) is 0 Å². The fraction of sp³-hybridized carbons (Fsp3) is 0.263. The second-order valence-electron chi connectivity index (χ2n) is 5.68. The predicted octanol–water partition coefficient (Wildman–Crippen LogP) is 4.20. The second-order valence-corrected chi connectivity index (χ2v) is 7.42. The maximum Gasteiger partial charge on any atom is 0.237 e. The van der Waals surface area contributed by atoms with Crippen molar-refractivity contribution in [3.05, 3.63) is 47.2 Å². The standard InChI is InChI=1S/C19H20ClFN2O4S/c1-11(28-10-18(24)22-13-6-4-12(21)5-7-13)19(25)23-15-8-14(20)16(26-2)9-17(15)27-3/h4-9,11H,10H2,1-3H3,(H,22,24)(H,23,25). The first kappa shape index (κ1) is 21.8. The van der Waals surface area contributed by atoms with Crippen molar-refractivity contribution in [3.8, 4) is 11.5 Å². The van der Waals surface area contributed by atoms with Crippen LogP contribution >= 0.6 is 23.4 Å². The molecule has 0 bridgehead atoms. The van der Waals surface area contributed by atoms with Gasteiger partial charge in [-0.1, -0.05) is 11.6 Å². The van der Waals surface area contributed by atoms with Crippen LogP contribution in [0.1, 0.15) is 6.92 Å². The molecule has 0 aliphatic heterocycles. The van der Waals surface area contributed by atoms with Gasteiger partial charge in [0.1, 0.15) is 17.3 Å². The lowest BCUT2D eigenvalue weighted by atomic mass is 10.2. The number of carbonyl (C=O) groups excluding carboxylic acids is 2. The molecule has 28 heavy (non-hydrogen) atoms. The second kappa shape index (κ2) is 10.2. The van der Waals surface area contributed by atoms with E-state index in [4.69, 9.17) is 21.1 Å². The van der Waals surface area contributed by atoms with Gasteiger partial charge in [0.15, 0.2) is 0 Å². The van der Waals surface area contributed by atoms with Crippen molar-refractivity contribution >= 4 is 46.6 Å². The SMILES string of the molecule is COc1cc(OC)c(NC(=O)C(C)SCC(=O)Nc2ccc(F)cc2)cc1Cl. The van der Waals surface area contributed by atoms with Gasteiger partial charge in [0.25, 0.3) is 0 Å². The molecule has 1 atom stereocenters. The average Bonchev–Trinajstić information content (AvgIpc) is 2.68. The highest BCUT2D eigenvalue weighted by atomic mass is 35.5. The molecule has 0 heterocycles. The van der Waals surface area contributed by atoms with Gasteiger partial charge in [-0.3, -0.25) is 9.59 Å². The van der Waals surface area contributed by atoms with Crippen LogP contribution in [-0.2, 0) is 9.59 Å². The largest absolute Gasteiger partial charge is 0.495 e. The zero-order valence-electron chi connectivity index (χ0n) is 15.5. The fourth-order valence-corrected chi connectivity index (χ4v) is 3.12. The number of anilines is 2. The molecule has 0 spiro atoms. The highest BCUT2D eigenvalue weighted by molar-refractivity contribution is 8.01. The number of thioether (sulfide) groups is 1. The molecule has 1 unspecified atom stereocenters. The molecule has 6 nitrogen and oxygen atoms in total. The minimum Gasteiger partial charge on any atom is -0.495 e. The number of hydrogen-bond donors (Lipinski definition) is 2. The predicted molar refractivity (Wildman–Crippen MR) is 110 cm³/mol. The van der Waals surface area contributed by atoms with Crippen LogP contribution in [0.5, 0.6) is 11.5 Å². The molecule has 0 fully saturated rings. The summed E-state index contributed by atoms with van der Waals surface area (Å²) in [5.74, 6) is -0.0867. The molecule has 0 aliphatic carbocycles. The number of amides is 2. The Hall–Kier alpha value is -2.45. The summed E-state index contributed by atoms with van der Waals surface area (Å²) >= 11 is 7.26. The number of ether oxygens (including phenoxy) is 2. The zero-order chi connectivity index (χ0) is 20.7. The quantitative estimate of drug-likeness (QED) is 0.661. The monoisotopic (exact) mass is 426 g/mol. The van der Waals surface area contributed by atoms with Crippen LogP contribution in [-0.4, -0.2) is 37.0 Å². The first-order chi connectivity index (χ1) is 13.3. The Morgan fingerprint density at radius 3 is 2.36 bits per heavy atom. The zero-order valence-corrected chi connectivity index (χ0v) is 17.1. The maximum atomic E-state index is 12.9. The number of carbonyl (C=O) groups is 2. The fourth-order valence-electron chi connectivity index (χ4n) is 2.20. The molecule has 2 N–H and O–H groups in total.